The van der Waals surface area contributed by atoms with Gasteiger partial charge in [-0.05, 0) is 60.1 Å². The molecule has 0 bridgehead atoms. The second kappa shape index (κ2) is 8.09. The van der Waals surface area contributed by atoms with Gasteiger partial charge >= 0.3 is 0 Å². The molecule has 0 spiro atoms. The van der Waals surface area contributed by atoms with Crippen LogP contribution in [0.3, 0.4) is 0 Å². The second-order valence-electron chi connectivity index (χ2n) is 6.21. The van der Waals surface area contributed by atoms with E-state index in [2.05, 4.69) is 17.2 Å². The second-order valence-corrected chi connectivity index (χ2v) is 7.68. The highest BCUT2D eigenvalue weighted by molar-refractivity contribution is 8.18. The van der Waals surface area contributed by atoms with Crippen molar-refractivity contribution in [2.24, 2.45) is 4.99 Å². The van der Waals surface area contributed by atoms with E-state index in [4.69, 9.17) is 16.0 Å². The summed E-state index contributed by atoms with van der Waals surface area (Å²) >= 11 is 7.33. The minimum Gasteiger partial charge on any atom is -0.457 e. The minimum absolute atomic E-state index is 0.186. The lowest BCUT2D eigenvalue weighted by molar-refractivity contribution is -0.115. The van der Waals surface area contributed by atoms with Crippen LogP contribution in [-0.2, 0) is 11.2 Å². The van der Waals surface area contributed by atoms with Crippen molar-refractivity contribution < 1.29 is 9.21 Å². The highest BCUT2D eigenvalue weighted by atomic mass is 35.5. The molecular weight excluding hydrogens is 392 g/mol. The molecule has 2 aromatic carbocycles. The number of amides is 1. The first-order valence-corrected chi connectivity index (χ1v) is 10.0. The number of benzene rings is 2. The first kappa shape index (κ1) is 18.6. The molecule has 0 unspecified atom stereocenters. The molecule has 1 aliphatic rings. The molecule has 0 radical (unpaired) electrons. The van der Waals surface area contributed by atoms with Crippen LogP contribution in [0.2, 0.25) is 5.02 Å². The Hall–Kier alpha value is -2.76. The van der Waals surface area contributed by atoms with E-state index < -0.39 is 0 Å². The first-order valence-electron chi connectivity index (χ1n) is 8.85. The predicted molar refractivity (Wildman–Crippen MR) is 116 cm³/mol. The zero-order valence-corrected chi connectivity index (χ0v) is 16.7. The molecule has 1 aromatic heterocycles. The lowest BCUT2D eigenvalue weighted by Gasteiger charge is -1.98. The minimum atomic E-state index is -0.186. The zero-order chi connectivity index (χ0) is 19.5. The number of carbonyl (C=O) groups excluding carboxylic acids is 1. The van der Waals surface area contributed by atoms with Crippen LogP contribution in [0.4, 0.5) is 5.69 Å². The Kier molecular flexibility index (Phi) is 5.37. The van der Waals surface area contributed by atoms with E-state index in [1.807, 2.05) is 60.7 Å². The standard InChI is InChI=1S/C22H17ClN2O2S/c1-2-14-6-8-17(9-7-14)24-22-25-21(26)20(28-22)13-18-10-11-19(27-18)15-4-3-5-16(23)12-15/h3-13H,2H2,1H3,(H,24,25,26)/b20-13-. The number of hydrogen-bond donors (Lipinski definition) is 1. The molecule has 3 aromatic rings. The Balaban J connectivity index is 1.52. The maximum Gasteiger partial charge on any atom is 0.264 e. The fourth-order valence-corrected chi connectivity index (χ4v) is 3.77. The largest absolute Gasteiger partial charge is 0.457 e. The summed E-state index contributed by atoms with van der Waals surface area (Å²) in [7, 11) is 0. The molecular formula is C22H17ClN2O2S. The lowest BCUT2D eigenvalue weighted by Crippen LogP contribution is -2.19. The summed E-state index contributed by atoms with van der Waals surface area (Å²) in [5.74, 6) is 1.11. The van der Waals surface area contributed by atoms with Crippen molar-refractivity contribution in [3.63, 3.8) is 0 Å². The summed E-state index contributed by atoms with van der Waals surface area (Å²) < 4.78 is 5.85. The van der Waals surface area contributed by atoms with Gasteiger partial charge in [-0.25, -0.2) is 4.99 Å². The van der Waals surface area contributed by atoms with Crippen LogP contribution in [0, 0.1) is 0 Å². The molecule has 2 heterocycles. The van der Waals surface area contributed by atoms with E-state index >= 15 is 0 Å². The van der Waals surface area contributed by atoms with Gasteiger partial charge in [0, 0.05) is 16.7 Å². The summed E-state index contributed by atoms with van der Waals surface area (Å²) in [6.07, 6.45) is 2.70. The third kappa shape index (κ3) is 4.21. The molecule has 6 heteroatoms. The van der Waals surface area contributed by atoms with Crippen LogP contribution >= 0.6 is 23.4 Å². The number of furan rings is 1. The van der Waals surface area contributed by atoms with Crippen LogP contribution in [0.1, 0.15) is 18.2 Å². The van der Waals surface area contributed by atoms with Crippen molar-refractivity contribution in [1.82, 2.24) is 5.32 Å². The third-order valence-corrected chi connectivity index (χ3v) is 5.38. The number of thioether (sulfide) groups is 1. The van der Waals surface area contributed by atoms with Gasteiger partial charge in [-0.15, -0.1) is 0 Å². The normalized spacial score (nSPS) is 16.7. The molecule has 1 fully saturated rings. The van der Waals surface area contributed by atoms with Crippen LogP contribution < -0.4 is 5.32 Å². The number of amidine groups is 1. The SMILES string of the molecule is CCc1ccc(N=C2NC(=O)/C(=C/c3ccc(-c4cccc(Cl)c4)o3)S2)cc1. The van der Waals surface area contributed by atoms with Crippen molar-refractivity contribution in [2.75, 3.05) is 0 Å². The van der Waals surface area contributed by atoms with Gasteiger partial charge in [0.05, 0.1) is 10.6 Å². The van der Waals surface area contributed by atoms with E-state index in [0.717, 1.165) is 17.7 Å². The van der Waals surface area contributed by atoms with Crippen LogP contribution in [0.15, 0.2) is 75.0 Å². The Bertz CT molecular complexity index is 1080. The van der Waals surface area contributed by atoms with Crippen LogP contribution in [-0.4, -0.2) is 11.1 Å². The fraction of sp³-hybridized carbons (Fsp3) is 0.0909. The average Bonchev–Trinajstić information content (AvgIpc) is 3.29. The monoisotopic (exact) mass is 408 g/mol. The van der Waals surface area contributed by atoms with Gasteiger partial charge in [-0.2, -0.15) is 0 Å². The summed E-state index contributed by atoms with van der Waals surface area (Å²) in [5.41, 5.74) is 2.95. The quantitative estimate of drug-likeness (QED) is 0.534. The summed E-state index contributed by atoms with van der Waals surface area (Å²) in [6, 6.07) is 19.1. The lowest BCUT2D eigenvalue weighted by atomic mass is 10.2. The van der Waals surface area contributed by atoms with Gasteiger partial charge in [-0.3, -0.25) is 4.79 Å². The maximum absolute atomic E-state index is 12.3. The van der Waals surface area contributed by atoms with Gasteiger partial charge < -0.3 is 9.73 Å². The Labute approximate surface area is 172 Å². The Morgan fingerprint density at radius 3 is 2.71 bits per heavy atom. The van der Waals surface area contributed by atoms with E-state index in [1.54, 1.807) is 6.08 Å². The highest BCUT2D eigenvalue weighted by Gasteiger charge is 2.24. The maximum atomic E-state index is 12.3. The van der Waals surface area contributed by atoms with Gasteiger partial charge in [0.25, 0.3) is 5.91 Å². The van der Waals surface area contributed by atoms with Crippen molar-refractivity contribution >= 4 is 46.2 Å². The third-order valence-electron chi connectivity index (χ3n) is 4.24. The molecule has 0 atom stereocenters. The fourth-order valence-electron chi connectivity index (χ4n) is 2.76. The van der Waals surface area contributed by atoms with Gasteiger partial charge in [0.2, 0.25) is 0 Å². The number of hydrogen-bond acceptors (Lipinski definition) is 4. The van der Waals surface area contributed by atoms with E-state index in [0.29, 0.717) is 26.6 Å². The molecule has 4 nitrogen and oxygen atoms in total. The van der Waals surface area contributed by atoms with Gasteiger partial charge in [0.1, 0.15) is 11.5 Å². The van der Waals surface area contributed by atoms with Crippen molar-refractivity contribution in [1.29, 1.82) is 0 Å². The zero-order valence-electron chi connectivity index (χ0n) is 15.1. The van der Waals surface area contributed by atoms with E-state index in [1.165, 1.54) is 17.3 Å². The smallest absolute Gasteiger partial charge is 0.264 e. The Morgan fingerprint density at radius 1 is 1.14 bits per heavy atom. The van der Waals surface area contributed by atoms with Crippen molar-refractivity contribution in [3.05, 3.63) is 81.9 Å². The van der Waals surface area contributed by atoms with E-state index in [-0.39, 0.29) is 5.91 Å². The number of aliphatic imine (C=N–C) groups is 1. The number of halogens is 1. The van der Waals surface area contributed by atoms with Crippen molar-refractivity contribution in [3.8, 4) is 11.3 Å². The summed E-state index contributed by atoms with van der Waals surface area (Å²) in [4.78, 5) is 17.3. The molecule has 1 N–H and O–H groups in total. The average molecular weight is 409 g/mol. The number of nitrogens with one attached hydrogen (secondary N) is 1. The molecule has 1 saturated heterocycles. The number of carbonyl (C=O) groups is 1. The molecule has 140 valence electrons. The Morgan fingerprint density at radius 2 is 1.96 bits per heavy atom. The predicted octanol–water partition coefficient (Wildman–Crippen LogP) is 6.05. The molecule has 1 aliphatic heterocycles. The number of nitrogens with zero attached hydrogens (tertiary/aromatic N) is 1. The summed E-state index contributed by atoms with van der Waals surface area (Å²) in [6.45, 7) is 2.11. The van der Waals surface area contributed by atoms with Crippen molar-refractivity contribution in [2.45, 2.75) is 13.3 Å². The summed E-state index contributed by atoms with van der Waals surface area (Å²) in [5, 5.41) is 4.00. The first-order chi connectivity index (χ1) is 13.6. The van der Waals surface area contributed by atoms with Crippen LogP contribution in [0.25, 0.3) is 17.4 Å². The molecule has 4 rings (SSSR count). The van der Waals surface area contributed by atoms with Gasteiger partial charge in [0.15, 0.2) is 5.17 Å². The molecule has 0 aliphatic carbocycles. The van der Waals surface area contributed by atoms with E-state index in [9.17, 15) is 4.79 Å². The topological polar surface area (TPSA) is 54.6 Å². The molecule has 28 heavy (non-hydrogen) atoms. The molecule has 0 saturated carbocycles. The van der Waals surface area contributed by atoms with Crippen LogP contribution in [0.5, 0.6) is 0 Å². The number of rotatable bonds is 4. The molecule has 1 amide bonds. The highest BCUT2D eigenvalue weighted by Crippen LogP contribution is 2.30. The number of aryl methyl sites for hydroxylation is 1. The van der Waals surface area contributed by atoms with Gasteiger partial charge in [-0.1, -0.05) is 42.8 Å².